The highest BCUT2D eigenvalue weighted by molar-refractivity contribution is 5.76. The smallest absolute Gasteiger partial charge is 0.220 e. The second-order valence-corrected chi connectivity index (χ2v) is 5.76. The molecule has 0 aliphatic heterocycles. The molecule has 1 atom stereocenters. The van der Waals surface area contributed by atoms with E-state index in [-0.39, 0.29) is 11.3 Å². The van der Waals surface area contributed by atoms with Gasteiger partial charge in [0.05, 0.1) is 0 Å². The molecule has 0 heterocycles. The second kappa shape index (κ2) is 7.00. The Bertz CT molecular complexity index is 234. The van der Waals surface area contributed by atoms with Crippen LogP contribution in [-0.2, 0) is 4.79 Å². The van der Waals surface area contributed by atoms with E-state index in [1.807, 2.05) is 0 Å². The van der Waals surface area contributed by atoms with Gasteiger partial charge in [-0.05, 0) is 30.7 Å². The fraction of sp³-hybridized carbons (Fsp3) is 0.929. The molecule has 3 nitrogen and oxygen atoms in total. The molecule has 0 aromatic rings. The number of amides is 1. The van der Waals surface area contributed by atoms with E-state index in [1.165, 1.54) is 19.3 Å². The van der Waals surface area contributed by atoms with Crippen molar-refractivity contribution in [3.05, 3.63) is 0 Å². The maximum absolute atomic E-state index is 11.9. The van der Waals surface area contributed by atoms with Gasteiger partial charge in [0.2, 0.25) is 5.91 Å². The predicted molar refractivity (Wildman–Crippen MR) is 71.7 cm³/mol. The van der Waals surface area contributed by atoms with E-state index in [0.29, 0.717) is 18.9 Å². The van der Waals surface area contributed by atoms with Crippen LogP contribution >= 0.6 is 0 Å². The fourth-order valence-electron chi connectivity index (χ4n) is 2.59. The normalized spacial score (nSPS) is 20.9. The first-order valence-electron chi connectivity index (χ1n) is 7.08. The van der Waals surface area contributed by atoms with Crippen LogP contribution in [0.4, 0.5) is 0 Å². The summed E-state index contributed by atoms with van der Waals surface area (Å²) in [6.07, 6.45) is 7.75. The SMILES string of the molecule is CCC(C)CNC(=O)CC1(CN)CCCCC1. The highest BCUT2D eigenvalue weighted by Crippen LogP contribution is 2.38. The van der Waals surface area contributed by atoms with Gasteiger partial charge < -0.3 is 11.1 Å². The third kappa shape index (κ3) is 4.66. The summed E-state index contributed by atoms with van der Waals surface area (Å²) in [6, 6.07) is 0. The molecule has 1 fully saturated rings. The van der Waals surface area contributed by atoms with Crippen molar-refractivity contribution in [3.63, 3.8) is 0 Å². The second-order valence-electron chi connectivity index (χ2n) is 5.76. The lowest BCUT2D eigenvalue weighted by atomic mass is 9.71. The Kier molecular flexibility index (Phi) is 5.96. The van der Waals surface area contributed by atoms with Gasteiger partial charge in [-0.1, -0.05) is 39.5 Å². The molecule has 0 spiro atoms. The van der Waals surface area contributed by atoms with Crippen LogP contribution in [0.5, 0.6) is 0 Å². The number of hydrogen-bond acceptors (Lipinski definition) is 2. The molecule has 3 heteroatoms. The number of nitrogens with two attached hydrogens (primary N) is 1. The van der Waals surface area contributed by atoms with Gasteiger partial charge >= 0.3 is 0 Å². The van der Waals surface area contributed by atoms with E-state index in [4.69, 9.17) is 5.73 Å². The van der Waals surface area contributed by atoms with Crippen LogP contribution in [0.3, 0.4) is 0 Å². The molecule has 1 aliphatic rings. The monoisotopic (exact) mass is 240 g/mol. The molecule has 1 unspecified atom stereocenters. The number of carbonyl (C=O) groups excluding carboxylic acids is 1. The van der Waals surface area contributed by atoms with Crippen molar-refractivity contribution < 1.29 is 4.79 Å². The summed E-state index contributed by atoms with van der Waals surface area (Å²) >= 11 is 0. The molecular weight excluding hydrogens is 212 g/mol. The molecular formula is C14H28N2O. The molecule has 1 amide bonds. The molecule has 0 bridgehead atoms. The first-order chi connectivity index (χ1) is 8.12. The quantitative estimate of drug-likeness (QED) is 0.749. The van der Waals surface area contributed by atoms with Crippen molar-refractivity contribution in [2.75, 3.05) is 13.1 Å². The Hall–Kier alpha value is -0.570. The van der Waals surface area contributed by atoms with Gasteiger partial charge in [-0.15, -0.1) is 0 Å². The summed E-state index contributed by atoms with van der Waals surface area (Å²) in [4.78, 5) is 11.9. The Labute approximate surface area is 106 Å². The first kappa shape index (κ1) is 14.5. The third-order valence-electron chi connectivity index (χ3n) is 4.23. The summed E-state index contributed by atoms with van der Waals surface area (Å²) in [5, 5.41) is 3.05. The minimum atomic E-state index is 0.0950. The standard InChI is InChI=1S/C14H28N2O/c1-3-12(2)10-16-13(17)9-14(11-15)7-5-4-6-8-14/h12H,3-11,15H2,1-2H3,(H,16,17). The number of carbonyl (C=O) groups is 1. The van der Waals surface area contributed by atoms with Crippen molar-refractivity contribution in [1.82, 2.24) is 5.32 Å². The zero-order valence-corrected chi connectivity index (χ0v) is 11.4. The Balaban J connectivity index is 2.37. The lowest BCUT2D eigenvalue weighted by molar-refractivity contribution is -0.124. The van der Waals surface area contributed by atoms with Crippen molar-refractivity contribution in [3.8, 4) is 0 Å². The molecule has 0 aromatic heterocycles. The zero-order chi connectivity index (χ0) is 12.7. The maximum atomic E-state index is 11.9. The third-order valence-corrected chi connectivity index (χ3v) is 4.23. The summed E-state index contributed by atoms with van der Waals surface area (Å²) in [5.41, 5.74) is 5.98. The van der Waals surface area contributed by atoms with Crippen LogP contribution in [0.15, 0.2) is 0 Å². The summed E-state index contributed by atoms with van der Waals surface area (Å²) in [6.45, 7) is 5.78. The minimum absolute atomic E-state index is 0.0950. The number of rotatable bonds is 6. The van der Waals surface area contributed by atoms with Crippen molar-refractivity contribution in [2.45, 2.75) is 58.8 Å². The summed E-state index contributed by atoms with van der Waals surface area (Å²) in [5.74, 6) is 0.761. The van der Waals surface area contributed by atoms with Crippen LogP contribution in [0.2, 0.25) is 0 Å². The van der Waals surface area contributed by atoms with E-state index in [9.17, 15) is 4.79 Å². The molecule has 1 rings (SSSR count). The van der Waals surface area contributed by atoms with Gasteiger partial charge in [0.15, 0.2) is 0 Å². The van der Waals surface area contributed by atoms with Crippen molar-refractivity contribution >= 4 is 5.91 Å². The topological polar surface area (TPSA) is 55.1 Å². The van der Waals surface area contributed by atoms with Crippen LogP contribution in [0.1, 0.15) is 58.8 Å². The molecule has 100 valence electrons. The average molecular weight is 240 g/mol. The zero-order valence-electron chi connectivity index (χ0n) is 11.4. The van der Waals surface area contributed by atoms with Gasteiger partial charge in [0.25, 0.3) is 0 Å². The summed E-state index contributed by atoms with van der Waals surface area (Å²) in [7, 11) is 0. The van der Waals surface area contributed by atoms with Crippen LogP contribution < -0.4 is 11.1 Å². The van der Waals surface area contributed by atoms with Gasteiger partial charge in [0.1, 0.15) is 0 Å². The lowest BCUT2D eigenvalue weighted by Gasteiger charge is -2.35. The van der Waals surface area contributed by atoms with Gasteiger partial charge in [0, 0.05) is 13.0 Å². The van der Waals surface area contributed by atoms with Crippen molar-refractivity contribution in [2.24, 2.45) is 17.1 Å². The van der Waals surface area contributed by atoms with Gasteiger partial charge in [-0.25, -0.2) is 0 Å². The molecule has 1 saturated carbocycles. The molecule has 17 heavy (non-hydrogen) atoms. The maximum Gasteiger partial charge on any atom is 0.220 e. The molecule has 0 radical (unpaired) electrons. The Morgan fingerprint density at radius 1 is 1.35 bits per heavy atom. The van der Waals surface area contributed by atoms with E-state index >= 15 is 0 Å². The minimum Gasteiger partial charge on any atom is -0.356 e. The van der Waals surface area contributed by atoms with Gasteiger partial charge in [-0.3, -0.25) is 4.79 Å². The van der Waals surface area contributed by atoms with E-state index in [2.05, 4.69) is 19.2 Å². The highest BCUT2D eigenvalue weighted by Gasteiger charge is 2.32. The van der Waals surface area contributed by atoms with E-state index in [1.54, 1.807) is 0 Å². The van der Waals surface area contributed by atoms with Crippen LogP contribution in [-0.4, -0.2) is 19.0 Å². The Morgan fingerprint density at radius 2 is 2.00 bits per heavy atom. The molecule has 3 N–H and O–H groups in total. The Morgan fingerprint density at radius 3 is 2.53 bits per heavy atom. The molecule has 0 aromatic carbocycles. The number of nitrogens with one attached hydrogen (secondary N) is 1. The van der Waals surface area contributed by atoms with E-state index < -0.39 is 0 Å². The molecule has 0 saturated heterocycles. The first-order valence-corrected chi connectivity index (χ1v) is 7.08. The largest absolute Gasteiger partial charge is 0.356 e. The number of hydrogen-bond donors (Lipinski definition) is 2. The van der Waals surface area contributed by atoms with Gasteiger partial charge in [-0.2, -0.15) is 0 Å². The average Bonchev–Trinajstić information content (AvgIpc) is 2.37. The highest BCUT2D eigenvalue weighted by atomic mass is 16.1. The predicted octanol–water partition coefficient (Wildman–Crippen LogP) is 2.45. The van der Waals surface area contributed by atoms with E-state index in [0.717, 1.165) is 25.8 Å². The molecule has 1 aliphatic carbocycles. The fourth-order valence-corrected chi connectivity index (χ4v) is 2.59. The van der Waals surface area contributed by atoms with Crippen LogP contribution in [0.25, 0.3) is 0 Å². The van der Waals surface area contributed by atoms with Crippen molar-refractivity contribution in [1.29, 1.82) is 0 Å². The summed E-state index contributed by atoms with van der Waals surface area (Å²) < 4.78 is 0. The lowest BCUT2D eigenvalue weighted by Crippen LogP contribution is -2.39. The van der Waals surface area contributed by atoms with Crippen LogP contribution in [0, 0.1) is 11.3 Å².